The molecule has 4 aromatic rings. The zero-order chi connectivity index (χ0) is 30.6. The van der Waals surface area contributed by atoms with Gasteiger partial charge in [-0.2, -0.15) is 0 Å². The summed E-state index contributed by atoms with van der Waals surface area (Å²) in [4.78, 5) is 37.3. The number of carbonyl (C=O) groups excluding carboxylic acids is 1. The van der Waals surface area contributed by atoms with E-state index in [1.54, 1.807) is 22.8 Å². The maximum absolute atomic E-state index is 14.4. The van der Waals surface area contributed by atoms with Crippen LogP contribution in [0.25, 0.3) is 16.6 Å². The van der Waals surface area contributed by atoms with Gasteiger partial charge < -0.3 is 15.1 Å². The van der Waals surface area contributed by atoms with Crippen molar-refractivity contribution in [2.75, 3.05) is 32.5 Å². The minimum atomic E-state index is -0.480. The fourth-order valence-electron chi connectivity index (χ4n) is 5.34. The molecular weight excluding hydrogens is 546 g/mol. The molecule has 1 N–H and O–H groups in total. The Bertz CT molecular complexity index is 1570. The largest absolute Gasteiger partial charge is 0.322 e. The third-order valence-electron chi connectivity index (χ3n) is 7.60. The van der Waals surface area contributed by atoms with E-state index in [0.717, 1.165) is 16.8 Å². The summed E-state index contributed by atoms with van der Waals surface area (Å²) in [6.07, 6.45) is 0.558. The van der Waals surface area contributed by atoms with Crippen LogP contribution in [0.5, 0.6) is 0 Å². The van der Waals surface area contributed by atoms with E-state index < -0.39 is 6.04 Å². The monoisotopic (exact) mass is 587 g/mol. The number of nitrogens with one attached hydrogen (secondary N) is 1. The Kier molecular flexibility index (Phi) is 10.1. The quantitative estimate of drug-likeness (QED) is 0.205. The second-order valence-electron chi connectivity index (χ2n) is 11.6. The molecule has 0 radical (unpaired) electrons. The van der Waals surface area contributed by atoms with E-state index in [0.29, 0.717) is 46.9 Å². The summed E-state index contributed by atoms with van der Waals surface area (Å²) in [5.41, 5.74) is 4.11. The molecule has 42 heavy (non-hydrogen) atoms. The van der Waals surface area contributed by atoms with Gasteiger partial charge in [0.25, 0.3) is 5.56 Å². The van der Waals surface area contributed by atoms with Crippen LogP contribution in [0.1, 0.15) is 75.9 Å². The van der Waals surface area contributed by atoms with Crippen LogP contribution in [0.2, 0.25) is 5.02 Å². The van der Waals surface area contributed by atoms with E-state index in [-0.39, 0.29) is 23.4 Å². The normalized spacial score (nSPS) is 12.4. The zero-order valence-corrected chi connectivity index (χ0v) is 26.4. The molecule has 222 valence electrons. The number of benzene rings is 3. The molecule has 0 aliphatic rings. The third-order valence-corrected chi connectivity index (χ3v) is 7.85. The predicted molar refractivity (Wildman–Crippen MR) is 174 cm³/mol. The van der Waals surface area contributed by atoms with Crippen molar-refractivity contribution in [2.24, 2.45) is 0 Å². The first-order valence-corrected chi connectivity index (χ1v) is 15.0. The molecule has 0 bridgehead atoms. The Morgan fingerprint density at radius 2 is 1.52 bits per heavy atom. The van der Waals surface area contributed by atoms with E-state index in [1.807, 2.05) is 56.3 Å². The van der Waals surface area contributed by atoms with Crippen LogP contribution in [0.3, 0.4) is 0 Å². The number of fused-ring (bicyclic) bond motifs is 1. The number of urea groups is 1. The van der Waals surface area contributed by atoms with Crippen molar-refractivity contribution in [2.45, 2.75) is 58.9 Å². The van der Waals surface area contributed by atoms with Gasteiger partial charge in [-0.15, -0.1) is 0 Å². The highest BCUT2D eigenvalue weighted by molar-refractivity contribution is 6.30. The van der Waals surface area contributed by atoms with Crippen molar-refractivity contribution >= 4 is 34.2 Å². The van der Waals surface area contributed by atoms with Crippen molar-refractivity contribution < 1.29 is 4.79 Å². The van der Waals surface area contributed by atoms with Crippen molar-refractivity contribution in [3.63, 3.8) is 0 Å². The summed E-state index contributed by atoms with van der Waals surface area (Å²) in [6.45, 7) is 11.7. The highest BCUT2D eigenvalue weighted by atomic mass is 35.5. The van der Waals surface area contributed by atoms with E-state index in [2.05, 4.69) is 56.1 Å². The fourth-order valence-corrected chi connectivity index (χ4v) is 5.46. The van der Waals surface area contributed by atoms with Crippen molar-refractivity contribution in [1.82, 2.24) is 19.4 Å². The summed E-state index contributed by atoms with van der Waals surface area (Å²) in [7, 11) is 3.97. The lowest BCUT2D eigenvalue weighted by molar-refractivity contribution is 0.173. The predicted octanol–water partition coefficient (Wildman–Crippen LogP) is 7.83. The number of carbonyl (C=O) groups is 1. The van der Waals surface area contributed by atoms with Gasteiger partial charge in [-0.1, -0.05) is 76.6 Å². The number of aromatic nitrogens is 2. The molecule has 0 saturated heterocycles. The first-order valence-electron chi connectivity index (χ1n) is 14.7. The molecule has 0 fully saturated rings. The molecule has 1 atom stereocenters. The number of nitrogens with zero attached hydrogens (tertiary/aromatic N) is 4. The Morgan fingerprint density at radius 3 is 2.10 bits per heavy atom. The maximum atomic E-state index is 14.4. The van der Waals surface area contributed by atoms with Gasteiger partial charge in [-0.05, 0) is 79.9 Å². The van der Waals surface area contributed by atoms with E-state index >= 15 is 0 Å². The third kappa shape index (κ3) is 6.69. The topological polar surface area (TPSA) is 70.5 Å². The van der Waals surface area contributed by atoms with Crippen LogP contribution in [-0.2, 0) is 0 Å². The van der Waals surface area contributed by atoms with Crippen LogP contribution in [-0.4, -0.2) is 52.6 Å². The van der Waals surface area contributed by atoms with Gasteiger partial charge in [0.05, 0.1) is 22.6 Å². The Balaban J connectivity index is 1.90. The molecule has 0 saturated carbocycles. The number of hydrogen-bond donors (Lipinski definition) is 1. The standard InChI is InChI=1S/C34H42ClN5O2/c1-8-30(32-36-29-15-10-9-12-28(29)33(41)40(32)25-18-16-24(35)17-19-25)39(21-20-38(6)7)34(42)37-31-26(22(2)3)13-11-14-27(31)23(4)5/h9-19,22-23,30H,8,20-21H2,1-7H3,(H,37,42). The highest BCUT2D eigenvalue weighted by Crippen LogP contribution is 2.34. The Hall–Kier alpha value is -3.68. The SMILES string of the molecule is CCC(c1nc2ccccc2c(=O)n1-c1ccc(Cl)cc1)N(CCN(C)C)C(=O)Nc1c(C(C)C)cccc1C(C)C. The Labute approximate surface area is 254 Å². The number of halogens is 1. The Morgan fingerprint density at radius 1 is 0.905 bits per heavy atom. The van der Waals surface area contributed by atoms with E-state index in [4.69, 9.17) is 16.6 Å². The molecule has 0 spiro atoms. The number of amides is 2. The van der Waals surface area contributed by atoms with Crippen molar-refractivity contribution in [3.05, 3.63) is 99.1 Å². The van der Waals surface area contributed by atoms with Gasteiger partial charge in [-0.3, -0.25) is 9.36 Å². The molecule has 1 heterocycles. The summed E-state index contributed by atoms with van der Waals surface area (Å²) >= 11 is 6.20. The molecule has 1 unspecified atom stereocenters. The van der Waals surface area contributed by atoms with Gasteiger partial charge in [0.1, 0.15) is 5.82 Å². The van der Waals surface area contributed by atoms with Crippen LogP contribution < -0.4 is 10.9 Å². The molecule has 0 aliphatic carbocycles. The molecule has 0 aliphatic heterocycles. The molecule has 8 heteroatoms. The molecular formula is C34H42ClN5O2. The highest BCUT2D eigenvalue weighted by Gasteiger charge is 2.30. The number of para-hydroxylation sites is 2. The van der Waals surface area contributed by atoms with Crippen LogP contribution in [0, 0.1) is 0 Å². The van der Waals surface area contributed by atoms with E-state index in [1.165, 1.54) is 0 Å². The molecule has 3 aromatic carbocycles. The van der Waals surface area contributed by atoms with Gasteiger partial charge in [0.2, 0.25) is 0 Å². The zero-order valence-electron chi connectivity index (χ0n) is 25.7. The summed E-state index contributed by atoms with van der Waals surface area (Å²) in [6, 6.07) is 20.0. The van der Waals surface area contributed by atoms with E-state index in [9.17, 15) is 9.59 Å². The lowest BCUT2D eigenvalue weighted by atomic mass is 9.92. The average Bonchev–Trinajstić information content (AvgIpc) is 2.95. The van der Waals surface area contributed by atoms with Crippen molar-refractivity contribution in [1.29, 1.82) is 0 Å². The van der Waals surface area contributed by atoms with Crippen LogP contribution in [0.4, 0.5) is 10.5 Å². The van der Waals surface area contributed by atoms with Crippen LogP contribution in [0.15, 0.2) is 71.5 Å². The molecule has 4 rings (SSSR count). The van der Waals surface area contributed by atoms with Gasteiger partial charge in [0.15, 0.2) is 0 Å². The number of likely N-dealkylation sites (N-methyl/N-ethyl adjacent to an activating group) is 1. The minimum absolute atomic E-state index is 0.184. The van der Waals surface area contributed by atoms with Crippen molar-refractivity contribution in [3.8, 4) is 5.69 Å². The van der Waals surface area contributed by atoms with Gasteiger partial charge in [0, 0.05) is 23.8 Å². The summed E-state index contributed by atoms with van der Waals surface area (Å²) in [5, 5.41) is 4.40. The molecule has 1 aromatic heterocycles. The fraction of sp³-hybridized carbons (Fsp3) is 0.382. The summed E-state index contributed by atoms with van der Waals surface area (Å²) < 4.78 is 1.63. The first kappa shape index (κ1) is 31.3. The van der Waals surface area contributed by atoms with Crippen LogP contribution >= 0.6 is 11.6 Å². The summed E-state index contributed by atoms with van der Waals surface area (Å²) in [5.74, 6) is 0.973. The van der Waals surface area contributed by atoms with Gasteiger partial charge in [-0.25, -0.2) is 9.78 Å². The second kappa shape index (κ2) is 13.5. The number of anilines is 1. The first-order chi connectivity index (χ1) is 20.0. The lowest BCUT2D eigenvalue weighted by Gasteiger charge is -2.34. The molecule has 2 amide bonds. The molecule has 7 nitrogen and oxygen atoms in total. The maximum Gasteiger partial charge on any atom is 0.322 e. The lowest BCUT2D eigenvalue weighted by Crippen LogP contribution is -2.44. The average molecular weight is 588 g/mol. The smallest absolute Gasteiger partial charge is 0.313 e. The van der Waals surface area contributed by atoms with Gasteiger partial charge >= 0.3 is 6.03 Å². The minimum Gasteiger partial charge on any atom is -0.313 e. The number of hydrogen-bond acceptors (Lipinski definition) is 4. The second-order valence-corrected chi connectivity index (χ2v) is 12.0. The number of rotatable bonds is 10.